The molecule has 0 aliphatic carbocycles. The summed E-state index contributed by atoms with van der Waals surface area (Å²) in [6.45, 7) is 6.54. The van der Waals surface area contributed by atoms with Gasteiger partial charge in [0.2, 0.25) is 0 Å². The lowest BCUT2D eigenvalue weighted by molar-refractivity contribution is 1.30. The van der Waals surface area contributed by atoms with E-state index in [4.69, 9.17) is 11.1 Å². The molecule has 0 aromatic rings. The van der Waals surface area contributed by atoms with Gasteiger partial charge in [-0.2, -0.15) is 11.1 Å². The third kappa shape index (κ3) is 3.12. The molecule has 0 saturated carbocycles. The van der Waals surface area contributed by atoms with E-state index in [9.17, 15) is 0 Å². The molecule has 0 spiro atoms. The second-order valence-electron chi connectivity index (χ2n) is 2.12. The molecule has 7 heavy (non-hydrogen) atoms. The summed E-state index contributed by atoms with van der Waals surface area (Å²) in [5.41, 5.74) is 0. The van der Waals surface area contributed by atoms with E-state index < -0.39 is 7.38 Å². The molecule has 0 rings (SSSR count). The van der Waals surface area contributed by atoms with Gasteiger partial charge in [-0.15, -0.1) is 0 Å². The second kappa shape index (κ2) is 2.73. The molecule has 0 aliphatic heterocycles. The SMILES string of the molecule is CC[Si](C)(Cl)CC. The van der Waals surface area contributed by atoms with Crippen molar-refractivity contribution in [1.82, 2.24) is 0 Å². The van der Waals surface area contributed by atoms with Crippen LogP contribution in [0.4, 0.5) is 0 Å². The molecule has 0 amide bonds. The first-order valence-corrected chi connectivity index (χ1v) is 6.74. The normalized spacial score (nSPS) is 12.0. The maximum absolute atomic E-state index is 6.04. The number of rotatable bonds is 2. The molecule has 0 aromatic heterocycles. The van der Waals surface area contributed by atoms with Crippen LogP contribution in [0.25, 0.3) is 0 Å². The summed E-state index contributed by atoms with van der Waals surface area (Å²) in [7, 11) is -1.18. The Hall–Kier alpha value is 0.507. The van der Waals surface area contributed by atoms with E-state index >= 15 is 0 Å². The summed E-state index contributed by atoms with van der Waals surface area (Å²) in [5, 5.41) is 0. The molecular weight excluding hydrogens is 124 g/mol. The van der Waals surface area contributed by atoms with Gasteiger partial charge in [0.15, 0.2) is 7.38 Å². The van der Waals surface area contributed by atoms with Crippen LogP contribution < -0.4 is 0 Å². The van der Waals surface area contributed by atoms with Gasteiger partial charge in [0.25, 0.3) is 0 Å². The van der Waals surface area contributed by atoms with Crippen LogP contribution in [0.1, 0.15) is 13.8 Å². The van der Waals surface area contributed by atoms with Gasteiger partial charge in [-0.25, -0.2) is 0 Å². The summed E-state index contributed by atoms with van der Waals surface area (Å²) in [4.78, 5) is 0. The Morgan fingerprint density at radius 1 is 1.29 bits per heavy atom. The summed E-state index contributed by atoms with van der Waals surface area (Å²) in [6, 6.07) is 2.40. The average Bonchev–Trinajstić information content (AvgIpc) is 1.68. The second-order valence-corrected chi connectivity index (χ2v) is 9.10. The van der Waals surface area contributed by atoms with E-state index in [2.05, 4.69) is 20.4 Å². The van der Waals surface area contributed by atoms with E-state index in [0.29, 0.717) is 0 Å². The Kier molecular flexibility index (Phi) is 2.92. The highest BCUT2D eigenvalue weighted by Crippen LogP contribution is 2.17. The van der Waals surface area contributed by atoms with E-state index in [1.165, 1.54) is 12.1 Å². The predicted octanol–water partition coefficient (Wildman–Crippen LogP) is 2.84. The van der Waals surface area contributed by atoms with Crippen molar-refractivity contribution >= 4 is 18.5 Å². The molecule has 2 heteroatoms. The summed E-state index contributed by atoms with van der Waals surface area (Å²) in [6.07, 6.45) is 0. The van der Waals surface area contributed by atoms with Gasteiger partial charge < -0.3 is 0 Å². The number of hydrogen-bond donors (Lipinski definition) is 0. The first-order chi connectivity index (χ1) is 3.12. The molecule has 0 saturated heterocycles. The largest absolute Gasteiger partial charge is 0.167 e. The van der Waals surface area contributed by atoms with Crippen LogP contribution in [0.5, 0.6) is 0 Å². The standard InChI is InChI=1S/C5H13ClSi/c1-4-7(3,6)5-2/h4-5H2,1-3H3. The Balaban J connectivity index is 3.36. The van der Waals surface area contributed by atoms with Crippen LogP contribution in [0.3, 0.4) is 0 Å². The zero-order valence-electron chi connectivity index (χ0n) is 5.29. The van der Waals surface area contributed by atoms with Gasteiger partial charge in [0.05, 0.1) is 0 Å². The topological polar surface area (TPSA) is 0 Å². The van der Waals surface area contributed by atoms with Crippen molar-refractivity contribution in [2.45, 2.75) is 32.5 Å². The van der Waals surface area contributed by atoms with Gasteiger partial charge >= 0.3 is 0 Å². The lowest BCUT2D eigenvalue weighted by atomic mass is 10.9. The molecule has 0 heterocycles. The van der Waals surface area contributed by atoms with Crippen molar-refractivity contribution in [3.05, 3.63) is 0 Å². The quantitative estimate of drug-likeness (QED) is 0.405. The highest BCUT2D eigenvalue weighted by Gasteiger charge is 2.17. The van der Waals surface area contributed by atoms with Crippen molar-refractivity contribution in [2.24, 2.45) is 0 Å². The molecule has 0 radical (unpaired) electrons. The van der Waals surface area contributed by atoms with Crippen LogP contribution in [-0.2, 0) is 0 Å². The van der Waals surface area contributed by atoms with Crippen molar-refractivity contribution in [3.8, 4) is 0 Å². The molecule has 44 valence electrons. The monoisotopic (exact) mass is 136 g/mol. The van der Waals surface area contributed by atoms with E-state index in [-0.39, 0.29) is 0 Å². The Bertz CT molecular complexity index is 46.0. The smallest absolute Gasteiger partial charge is 0.152 e. The third-order valence-electron chi connectivity index (χ3n) is 1.47. The van der Waals surface area contributed by atoms with E-state index in [1.54, 1.807) is 0 Å². The van der Waals surface area contributed by atoms with Crippen LogP contribution in [0.2, 0.25) is 18.6 Å². The highest BCUT2D eigenvalue weighted by molar-refractivity contribution is 7.19. The molecule has 0 aromatic carbocycles. The maximum atomic E-state index is 6.04. The summed E-state index contributed by atoms with van der Waals surface area (Å²) >= 11 is 6.04. The minimum absolute atomic E-state index is 1.18. The molecule has 0 bridgehead atoms. The lowest BCUT2D eigenvalue weighted by Crippen LogP contribution is -2.17. The third-order valence-corrected chi connectivity index (χ3v) is 6.03. The van der Waals surface area contributed by atoms with Gasteiger partial charge in [0.1, 0.15) is 0 Å². The fourth-order valence-electron chi connectivity index (χ4n) is 0.250. The zero-order valence-corrected chi connectivity index (χ0v) is 7.05. The number of halogens is 1. The van der Waals surface area contributed by atoms with Crippen LogP contribution in [-0.4, -0.2) is 7.38 Å². The van der Waals surface area contributed by atoms with Gasteiger partial charge in [-0.05, 0) is 12.1 Å². The van der Waals surface area contributed by atoms with E-state index in [0.717, 1.165) is 0 Å². The van der Waals surface area contributed by atoms with Crippen LogP contribution in [0, 0.1) is 0 Å². The van der Waals surface area contributed by atoms with Crippen molar-refractivity contribution in [2.75, 3.05) is 0 Å². The summed E-state index contributed by atoms with van der Waals surface area (Å²) < 4.78 is 0. The first kappa shape index (κ1) is 7.51. The van der Waals surface area contributed by atoms with Crippen molar-refractivity contribution < 1.29 is 0 Å². The minimum atomic E-state index is -1.18. The van der Waals surface area contributed by atoms with Crippen molar-refractivity contribution in [1.29, 1.82) is 0 Å². The molecule has 0 nitrogen and oxygen atoms in total. The lowest BCUT2D eigenvalue weighted by Gasteiger charge is -2.11. The van der Waals surface area contributed by atoms with Gasteiger partial charge in [-0.1, -0.05) is 20.4 Å². The minimum Gasteiger partial charge on any atom is -0.167 e. The fourth-order valence-corrected chi connectivity index (χ4v) is 0.750. The number of hydrogen-bond acceptors (Lipinski definition) is 0. The first-order valence-electron chi connectivity index (χ1n) is 2.81. The maximum Gasteiger partial charge on any atom is 0.152 e. The van der Waals surface area contributed by atoms with Gasteiger partial charge in [0, 0.05) is 0 Å². The molecule has 0 atom stereocenters. The predicted molar refractivity (Wildman–Crippen MR) is 38.4 cm³/mol. The Morgan fingerprint density at radius 3 is 1.57 bits per heavy atom. The van der Waals surface area contributed by atoms with Crippen LogP contribution in [0.15, 0.2) is 0 Å². The molecule has 0 fully saturated rings. The highest BCUT2D eigenvalue weighted by atomic mass is 35.6. The van der Waals surface area contributed by atoms with E-state index in [1.807, 2.05) is 0 Å². The Morgan fingerprint density at radius 2 is 1.57 bits per heavy atom. The van der Waals surface area contributed by atoms with Crippen LogP contribution >= 0.6 is 11.1 Å². The fraction of sp³-hybridized carbons (Fsp3) is 1.00. The molecular formula is C5H13ClSi. The molecule has 0 unspecified atom stereocenters. The Labute approximate surface area is 51.6 Å². The molecule has 0 aliphatic rings. The molecule has 0 N–H and O–H groups in total. The average molecular weight is 137 g/mol. The van der Waals surface area contributed by atoms with Gasteiger partial charge in [-0.3, -0.25) is 0 Å². The van der Waals surface area contributed by atoms with Crippen molar-refractivity contribution in [3.63, 3.8) is 0 Å². The summed E-state index contributed by atoms with van der Waals surface area (Å²) in [5.74, 6) is 0. The zero-order chi connectivity index (χ0) is 5.91.